The summed E-state index contributed by atoms with van der Waals surface area (Å²) in [6, 6.07) is 7.90. The standard InChI is InChI=1S/C15H23NO2.ClH/c1-2-17-14-7-3-4-8-15(14)18-11-9-13-6-5-10-16-12-13;/h3-4,7-8,13,16H,2,5-6,9-12H2,1H3;1H. The van der Waals surface area contributed by atoms with Gasteiger partial charge in [-0.05, 0) is 57.3 Å². The Hall–Kier alpha value is -0.930. The van der Waals surface area contributed by atoms with E-state index < -0.39 is 0 Å². The molecule has 1 aliphatic heterocycles. The summed E-state index contributed by atoms with van der Waals surface area (Å²) < 4.78 is 11.4. The van der Waals surface area contributed by atoms with Crippen molar-refractivity contribution in [3.8, 4) is 11.5 Å². The van der Waals surface area contributed by atoms with Crippen molar-refractivity contribution in [2.45, 2.75) is 26.2 Å². The first-order chi connectivity index (χ1) is 8.90. The number of nitrogens with one attached hydrogen (secondary N) is 1. The molecule has 0 amide bonds. The van der Waals surface area contributed by atoms with Crippen LogP contribution in [0.25, 0.3) is 0 Å². The van der Waals surface area contributed by atoms with Crippen molar-refractivity contribution >= 4 is 12.4 Å². The second kappa shape index (κ2) is 9.05. The highest BCUT2D eigenvalue weighted by atomic mass is 35.5. The number of hydrogen-bond donors (Lipinski definition) is 1. The van der Waals surface area contributed by atoms with Crippen molar-refractivity contribution in [3.63, 3.8) is 0 Å². The van der Waals surface area contributed by atoms with Gasteiger partial charge in [-0.2, -0.15) is 0 Å². The maximum absolute atomic E-state index is 5.84. The minimum atomic E-state index is 0. The van der Waals surface area contributed by atoms with Gasteiger partial charge in [0.15, 0.2) is 11.5 Å². The lowest BCUT2D eigenvalue weighted by Crippen LogP contribution is -2.30. The fraction of sp³-hybridized carbons (Fsp3) is 0.600. The summed E-state index contributed by atoms with van der Waals surface area (Å²) in [6.45, 7) is 5.74. The van der Waals surface area contributed by atoms with Gasteiger partial charge in [-0.25, -0.2) is 0 Å². The smallest absolute Gasteiger partial charge is 0.161 e. The van der Waals surface area contributed by atoms with E-state index in [1.165, 1.54) is 19.4 Å². The van der Waals surface area contributed by atoms with Crippen LogP contribution in [-0.2, 0) is 0 Å². The number of piperidine rings is 1. The first-order valence-corrected chi connectivity index (χ1v) is 6.95. The second-order valence-corrected chi connectivity index (χ2v) is 4.73. The molecule has 0 radical (unpaired) electrons. The third-order valence-electron chi connectivity index (χ3n) is 3.33. The van der Waals surface area contributed by atoms with E-state index in [1.54, 1.807) is 0 Å². The predicted octanol–water partition coefficient (Wildman–Crippen LogP) is 3.28. The Labute approximate surface area is 122 Å². The second-order valence-electron chi connectivity index (χ2n) is 4.73. The summed E-state index contributed by atoms with van der Waals surface area (Å²) >= 11 is 0. The zero-order valence-corrected chi connectivity index (χ0v) is 12.4. The van der Waals surface area contributed by atoms with Crippen LogP contribution >= 0.6 is 12.4 Å². The van der Waals surface area contributed by atoms with Crippen LogP contribution < -0.4 is 14.8 Å². The van der Waals surface area contributed by atoms with E-state index in [1.807, 2.05) is 31.2 Å². The van der Waals surface area contributed by atoms with Crippen LogP contribution in [0.5, 0.6) is 11.5 Å². The van der Waals surface area contributed by atoms with Gasteiger partial charge in [-0.15, -0.1) is 12.4 Å². The van der Waals surface area contributed by atoms with E-state index in [0.29, 0.717) is 6.61 Å². The number of benzene rings is 1. The van der Waals surface area contributed by atoms with E-state index >= 15 is 0 Å². The van der Waals surface area contributed by atoms with Crippen LogP contribution in [0.15, 0.2) is 24.3 Å². The highest BCUT2D eigenvalue weighted by molar-refractivity contribution is 5.85. The third kappa shape index (κ3) is 5.29. The summed E-state index contributed by atoms with van der Waals surface area (Å²) in [5.74, 6) is 2.47. The average molecular weight is 286 g/mol. The molecule has 1 N–H and O–H groups in total. The van der Waals surface area contributed by atoms with Gasteiger partial charge in [0.1, 0.15) is 0 Å². The van der Waals surface area contributed by atoms with Gasteiger partial charge in [0.25, 0.3) is 0 Å². The molecule has 2 rings (SSSR count). The molecule has 1 fully saturated rings. The third-order valence-corrected chi connectivity index (χ3v) is 3.33. The van der Waals surface area contributed by atoms with Crippen molar-refractivity contribution in [1.29, 1.82) is 0 Å². The molecule has 19 heavy (non-hydrogen) atoms. The number of rotatable bonds is 6. The van der Waals surface area contributed by atoms with Crippen LogP contribution in [0.4, 0.5) is 0 Å². The first kappa shape index (κ1) is 16.1. The van der Waals surface area contributed by atoms with Crippen molar-refractivity contribution in [1.82, 2.24) is 5.32 Å². The Balaban J connectivity index is 0.00000180. The van der Waals surface area contributed by atoms with E-state index in [2.05, 4.69) is 5.32 Å². The molecular weight excluding hydrogens is 262 g/mol. The molecule has 1 unspecified atom stereocenters. The molecule has 1 heterocycles. The topological polar surface area (TPSA) is 30.5 Å². The maximum atomic E-state index is 5.84. The van der Waals surface area contributed by atoms with Gasteiger partial charge in [0.05, 0.1) is 13.2 Å². The minimum absolute atomic E-state index is 0. The number of para-hydroxylation sites is 2. The van der Waals surface area contributed by atoms with Gasteiger partial charge in [0, 0.05) is 0 Å². The summed E-state index contributed by atoms with van der Waals surface area (Å²) in [5.41, 5.74) is 0. The maximum Gasteiger partial charge on any atom is 0.161 e. The molecule has 0 aromatic heterocycles. The highest BCUT2D eigenvalue weighted by Crippen LogP contribution is 2.27. The normalized spacial score (nSPS) is 18.5. The zero-order chi connectivity index (χ0) is 12.6. The predicted molar refractivity (Wildman–Crippen MR) is 80.6 cm³/mol. The van der Waals surface area contributed by atoms with Crippen molar-refractivity contribution in [2.24, 2.45) is 5.92 Å². The van der Waals surface area contributed by atoms with Crippen LogP contribution in [-0.4, -0.2) is 26.3 Å². The average Bonchev–Trinajstić information content (AvgIpc) is 2.42. The van der Waals surface area contributed by atoms with E-state index in [-0.39, 0.29) is 12.4 Å². The molecule has 0 bridgehead atoms. The van der Waals surface area contributed by atoms with Crippen molar-refractivity contribution < 1.29 is 9.47 Å². The lowest BCUT2D eigenvalue weighted by molar-refractivity contribution is 0.239. The van der Waals surface area contributed by atoms with Gasteiger partial charge in [0.2, 0.25) is 0 Å². The molecule has 1 aliphatic rings. The molecular formula is C15H24ClNO2. The molecule has 0 spiro atoms. The lowest BCUT2D eigenvalue weighted by Gasteiger charge is -2.22. The first-order valence-electron chi connectivity index (χ1n) is 6.95. The number of halogens is 1. The summed E-state index contributed by atoms with van der Waals surface area (Å²) in [6.07, 6.45) is 3.73. The Morgan fingerprint density at radius 1 is 1.21 bits per heavy atom. The van der Waals surface area contributed by atoms with Gasteiger partial charge >= 0.3 is 0 Å². The Kier molecular flexibility index (Phi) is 7.68. The molecule has 4 heteroatoms. The lowest BCUT2D eigenvalue weighted by atomic mass is 9.97. The largest absolute Gasteiger partial charge is 0.490 e. The van der Waals surface area contributed by atoms with Gasteiger partial charge in [-0.3, -0.25) is 0 Å². The summed E-state index contributed by atoms with van der Waals surface area (Å²) in [4.78, 5) is 0. The fourth-order valence-electron chi connectivity index (χ4n) is 2.35. The Morgan fingerprint density at radius 3 is 2.58 bits per heavy atom. The number of ether oxygens (including phenoxy) is 2. The van der Waals surface area contributed by atoms with Crippen molar-refractivity contribution in [3.05, 3.63) is 24.3 Å². The molecule has 0 aliphatic carbocycles. The van der Waals surface area contributed by atoms with Crippen LogP contribution in [0.3, 0.4) is 0 Å². The highest BCUT2D eigenvalue weighted by Gasteiger charge is 2.13. The molecule has 1 saturated heterocycles. The monoisotopic (exact) mass is 285 g/mol. The molecule has 0 saturated carbocycles. The molecule has 108 valence electrons. The van der Waals surface area contributed by atoms with Gasteiger partial charge < -0.3 is 14.8 Å². The molecule has 3 nitrogen and oxygen atoms in total. The van der Waals surface area contributed by atoms with Crippen LogP contribution in [0.1, 0.15) is 26.2 Å². The van der Waals surface area contributed by atoms with E-state index in [9.17, 15) is 0 Å². The van der Waals surface area contributed by atoms with E-state index in [0.717, 1.165) is 37.0 Å². The molecule has 1 aromatic rings. The number of hydrogen-bond acceptors (Lipinski definition) is 3. The van der Waals surface area contributed by atoms with Crippen LogP contribution in [0.2, 0.25) is 0 Å². The summed E-state index contributed by atoms with van der Waals surface area (Å²) in [7, 11) is 0. The van der Waals surface area contributed by atoms with Crippen LogP contribution in [0, 0.1) is 5.92 Å². The molecule has 1 atom stereocenters. The quantitative estimate of drug-likeness (QED) is 0.870. The van der Waals surface area contributed by atoms with Crippen molar-refractivity contribution in [2.75, 3.05) is 26.3 Å². The Morgan fingerprint density at radius 2 is 1.95 bits per heavy atom. The fourth-order valence-corrected chi connectivity index (χ4v) is 2.35. The van der Waals surface area contributed by atoms with E-state index in [4.69, 9.17) is 9.47 Å². The zero-order valence-electron chi connectivity index (χ0n) is 11.6. The van der Waals surface area contributed by atoms with Gasteiger partial charge in [-0.1, -0.05) is 12.1 Å². The Bertz CT molecular complexity index is 354. The minimum Gasteiger partial charge on any atom is -0.490 e. The molecule has 1 aromatic carbocycles. The summed E-state index contributed by atoms with van der Waals surface area (Å²) in [5, 5.41) is 3.43. The SMILES string of the molecule is CCOc1ccccc1OCCC1CCCNC1.Cl.